The maximum Gasteiger partial charge on any atom is 0.441 e. The lowest BCUT2D eigenvalue weighted by molar-refractivity contribution is -0.117. The Morgan fingerprint density at radius 3 is 2.25 bits per heavy atom. The van der Waals surface area contributed by atoms with E-state index in [1.807, 2.05) is 0 Å². The molecule has 0 aliphatic heterocycles. The van der Waals surface area contributed by atoms with Gasteiger partial charge < -0.3 is 15.4 Å². The van der Waals surface area contributed by atoms with Crippen molar-refractivity contribution in [2.24, 2.45) is 0 Å². The van der Waals surface area contributed by atoms with Crippen LogP contribution in [0.3, 0.4) is 0 Å². The Labute approximate surface area is 142 Å². The van der Waals surface area contributed by atoms with Crippen molar-refractivity contribution in [3.8, 4) is 0 Å². The molecule has 0 saturated carbocycles. The van der Waals surface area contributed by atoms with Gasteiger partial charge in [-0.05, 0) is 44.7 Å². The monoisotopic (exact) mass is 364 g/mol. The van der Waals surface area contributed by atoms with Crippen molar-refractivity contribution in [3.05, 3.63) is 30.3 Å². The van der Waals surface area contributed by atoms with Gasteiger partial charge in [-0.3, -0.25) is 4.79 Å². The molecule has 0 radical (unpaired) electrons. The Morgan fingerprint density at radius 2 is 1.75 bits per heavy atom. The third-order valence-electron chi connectivity index (χ3n) is 2.46. The second-order valence-electron chi connectivity index (χ2n) is 5.81. The fourth-order valence-corrected chi connectivity index (χ4v) is 2.15. The van der Waals surface area contributed by atoms with Gasteiger partial charge in [0, 0.05) is 11.4 Å². The lowest BCUT2D eigenvalue weighted by Crippen LogP contribution is -2.47. The Kier molecular flexibility index (Phi) is 6.94. The van der Waals surface area contributed by atoms with Crippen LogP contribution < -0.4 is 10.6 Å². The standard InChI is InChI=1S/C15H19F3N2O3S/c1-14(2,3)23-13(22)20-11(9-24-15(16,17)18)12(21)19-10-7-5-4-6-8-10/h4-8,11H,9H2,1-3H3,(H,19,21)(H,20,22)/t11-/m0/s1. The van der Waals surface area contributed by atoms with Crippen molar-refractivity contribution in [1.29, 1.82) is 0 Å². The van der Waals surface area contributed by atoms with Gasteiger partial charge in [0.05, 0.1) is 0 Å². The molecule has 0 aromatic heterocycles. The highest BCUT2D eigenvalue weighted by Gasteiger charge is 2.33. The van der Waals surface area contributed by atoms with Crippen LogP contribution in [0.25, 0.3) is 0 Å². The van der Waals surface area contributed by atoms with Gasteiger partial charge in [0.1, 0.15) is 11.6 Å². The summed E-state index contributed by atoms with van der Waals surface area (Å²) in [5, 5.41) is 4.63. The first kappa shape index (κ1) is 20.1. The van der Waals surface area contributed by atoms with Crippen molar-refractivity contribution in [1.82, 2.24) is 5.32 Å². The lowest BCUT2D eigenvalue weighted by atomic mass is 10.2. The first-order valence-corrected chi connectivity index (χ1v) is 8.01. The van der Waals surface area contributed by atoms with E-state index >= 15 is 0 Å². The van der Waals surface area contributed by atoms with Crippen LogP contribution in [-0.2, 0) is 9.53 Å². The molecule has 2 N–H and O–H groups in total. The fraction of sp³-hybridized carbons (Fsp3) is 0.467. The molecule has 134 valence electrons. The number of rotatable bonds is 5. The molecule has 0 heterocycles. The van der Waals surface area contributed by atoms with Crippen molar-refractivity contribution >= 4 is 29.4 Å². The fourth-order valence-electron chi connectivity index (χ4n) is 1.56. The molecule has 1 rings (SSSR count). The minimum absolute atomic E-state index is 0.391. The quantitative estimate of drug-likeness (QED) is 0.835. The first-order chi connectivity index (χ1) is 11.0. The van der Waals surface area contributed by atoms with Gasteiger partial charge in [0.2, 0.25) is 5.91 Å². The summed E-state index contributed by atoms with van der Waals surface area (Å²) in [7, 11) is 0. The zero-order chi connectivity index (χ0) is 18.4. The van der Waals surface area contributed by atoms with Gasteiger partial charge in [0.15, 0.2) is 0 Å². The summed E-state index contributed by atoms with van der Waals surface area (Å²) < 4.78 is 42.2. The van der Waals surface area contributed by atoms with Crippen LogP contribution in [0.5, 0.6) is 0 Å². The molecule has 24 heavy (non-hydrogen) atoms. The molecule has 0 aliphatic carbocycles. The predicted octanol–water partition coefficient (Wildman–Crippen LogP) is 3.77. The van der Waals surface area contributed by atoms with Crippen LogP contribution >= 0.6 is 11.8 Å². The van der Waals surface area contributed by atoms with Crippen LogP contribution in [0, 0.1) is 0 Å². The van der Waals surface area contributed by atoms with E-state index in [1.165, 1.54) is 0 Å². The summed E-state index contributed by atoms with van der Waals surface area (Å²) in [4.78, 5) is 23.9. The van der Waals surface area contributed by atoms with Crippen molar-refractivity contribution < 1.29 is 27.5 Å². The highest BCUT2D eigenvalue weighted by atomic mass is 32.2. The largest absolute Gasteiger partial charge is 0.444 e. The van der Waals surface area contributed by atoms with Crippen LogP contribution in [0.4, 0.5) is 23.7 Å². The van der Waals surface area contributed by atoms with E-state index in [4.69, 9.17) is 4.74 Å². The minimum Gasteiger partial charge on any atom is -0.444 e. The summed E-state index contributed by atoms with van der Waals surface area (Å²) in [5.41, 5.74) is -4.93. The number of alkyl halides is 3. The Bertz CT molecular complexity index is 559. The number of para-hydroxylation sites is 1. The molecule has 0 unspecified atom stereocenters. The minimum atomic E-state index is -4.51. The van der Waals surface area contributed by atoms with E-state index in [2.05, 4.69) is 10.6 Å². The summed E-state index contributed by atoms with van der Waals surface area (Å²) >= 11 is -0.391. The number of nitrogens with one attached hydrogen (secondary N) is 2. The number of hydrogen-bond acceptors (Lipinski definition) is 4. The van der Waals surface area contributed by atoms with Crippen molar-refractivity contribution in [3.63, 3.8) is 0 Å². The number of ether oxygens (including phenoxy) is 1. The van der Waals surface area contributed by atoms with Crippen LogP contribution in [0.15, 0.2) is 30.3 Å². The lowest BCUT2D eigenvalue weighted by Gasteiger charge is -2.23. The van der Waals surface area contributed by atoms with Gasteiger partial charge >= 0.3 is 11.6 Å². The number of amides is 2. The number of halogens is 3. The Balaban J connectivity index is 2.76. The molecule has 0 bridgehead atoms. The number of hydrogen-bond donors (Lipinski definition) is 2. The molecule has 5 nitrogen and oxygen atoms in total. The van der Waals surface area contributed by atoms with E-state index in [1.54, 1.807) is 51.1 Å². The number of carbonyl (C=O) groups is 2. The molecule has 0 fully saturated rings. The summed E-state index contributed by atoms with van der Waals surface area (Å²) in [5.74, 6) is -1.43. The smallest absolute Gasteiger partial charge is 0.441 e. The zero-order valence-electron chi connectivity index (χ0n) is 13.4. The molecule has 9 heteroatoms. The highest BCUT2D eigenvalue weighted by Crippen LogP contribution is 2.30. The van der Waals surface area contributed by atoms with Crippen LogP contribution in [0.1, 0.15) is 20.8 Å². The second kappa shape index (κ2) is 8.27. The average Bonchev–Trinajstić information content (AvgIpc) is 2.41. The summed E-state index contributed by atoms with van der Waals surface area (Å²) in [6.45, 7) is 4.82. The molecule has 2 amide bonds. The molecular formula is C15H19F3N2O3S. The third-order valence-corrected chi connectivity index (χ3v) is 3.29. The first-order valence-electron chi connectivity index (χ1n) is 7.02. The number of thioether (sulfide) groups is 1. The van der Waals surface area contributed by atoms with E-state index in [0.717, 1.165) is 0 Å². The number of benzene rings is 1. The van der Waals surface area contributed by atoms with E-state index in [0.29, 0.717) is 5.69 Å². The predicted molar refractivity (Wildman–Crippen MR) is 86.7 cm³/mol. The molecular weight excluding hydrogens is 345 g/mol. The third kappa shape index (κ3) is 8.66. The number of carbonyl (C=O) groups excluding carboxylic acids is 2. The van der Waals surface area contributed by atoms with Gasteiger partial charge in [0.25, 0.3) is 0 Å². The molecule has 1 atom stereocenters. The normalized spacial score (nSPS) is 13.1. The Hall–Kier alpha value is -1.90. The van der Waals surface area contributed by atoms with E-state index in [-0.39, 0.29) is 0 Å². The zero-order valence-corrected chi connectivity index (χ0v) is 14.3. The molecule has 0 aliphatic rings. The average molecular weight is 364 g/mol. The SMILES string of the molecule is CC(C)(C)OC(=O)N[C@@H](CSC(F)(F)F)C(=O)Nc1ccccc1. The van der Waals surface area contributed by atoms with E-state index < -0.39 is 46.7 Å². The topological polar surface area (TPSA) is 67.4 Å². The molecule has 1 aromatic rings. The van der Waals surface area contributed by atoms with Gasteiger partial charge in [-0.25, -0.2) is 4.79 Å². The molecule has 0 saturated heterocycles. The van der Waals surface area contributed by atoms with Gasteiger partial charge in [-0.1, -0.05) is 18.2 Å². The van der Waals surface area contributed by atoms with Crippen LogP contribution in [-0.4, -0.2) is 34.9 Å². The number of alkyl carbamates (subject to hydrolysis) is 1. The molecule has 1 aromatic carbocycles. The summed E-state index contributed by atoms with van der Waals surface area (Å²) in [6, 6.07) is 6.82. The van der Waals surface area contributed by atoms with Crippen LogP contribution in [0.2, 0.25) is 0 Å². The van der Waals surface area contributed by atoms with Gasteiger partial charge in [-0.15, -0.1) is 0 Å². The van der Waals surface area contributed by atoms with E-state index in [9.17, 15) is 22.8 Å². The summed E-state index contributed by atoms with van der Waals surface area (Å²) in [6.07, 6.45) is -0.960. The van der Waals surface area contributed by atoms with Crippen molar-refractivity contribution in [2.45, 2.75) is 37.9 Å². The highest BCUT2D eigenvalue weighted by molar-refractivity contribution is 8.00. The Morgan fingerprint density at radius 1 is 1.17 bits per heavy atom. The second-order valence-corrected chi connectivity index (χ2v) is 6.90. The van der Waals surface area contributed by atoms with Gasteiger partial charge in [-0.2, -0.15) is 13.2 Å². The number of anilines is 1. The molecule has 0 spiro atoms. The van der Waals surface area contributed by atoms with Crippen molar-refractivity contribution in [2.75, 3.05) is 11.1 Å². The maximum absolute atomic E-state index is 12.4. The maximum atomic E-state index is 12.4.